The number of rotatable bonds is 2. The maximum Gasteiger partial charge on any atom is -0.0191 e. The van der Waals surface area contributed by atoms with Gasteiger partial charge < -0.3 is 0 Å². The zero-order valence-corrected chi connectivity index (χ0v) is 7.17. The molecule has 58 valence electrons. The Kier molecular flexibility index (Phi) is 2.91. The fourth-order valence-corrected chi connectivity index (χ4v) is 1.11. The first-order valence-electron chi connectivity index (χ1n) is 4.10. The van der Waals surface area contributed by atoms with Gasteiger partial charge in [-0.2, -0.15) is 0 Å². The van der Waals surface area contributed by atoms with Crippen LogP contribution in [-0.4, -0.2) is 0 Å². The topological polar surface area (TPSA) is 0 Å². The van der Waals surface area contributed by atoms with Gasteiger partial charge in [0.15, 0.2) is 0 Å². The summed E-state index contributed by atoms with van der Waals surface area (Å²) in [6.07, 6.45) is 14.0. The van der Waals surface area contributed by atoms with Gasteiger partial charge in [-0.15, -0.1) is 0 Å². The van der Waals surface area contributed by atoms with Crippen molar-refractivity contribution in [1.82, 2.24) is 0 Å². The lowest BCUT2D eigenvalue weighted by Crippen LogP contribution is -1.75. The largest absolute Gasteiger partial charge is 0.0842 e. The molecule has 0 unspecified atom stereocenters. The van der Waals surface area contributed by atoms with Crippen LogP contribution >= 0.6 is 0 Å². The Labute approximate surface area is 68.6 Å². The average Bonchev–Trinajstić information content (AvgIpc) is 2.47. The van der Waals surface area contributed by atoms with Crippen LogP contribution in [0, 0.1) is 0 Å². The van der Waals surface area contributed by atoms with E-state index in [-0.39, 0.29) is 0 Å². The van der Waals surface area contributed by atoms with E-state index in [0.29, 0.717) is 0 Å². The summed E-state index contributed by atoms with van der Waals surface area (Å²) in [7, 11) is 0. The molecule has 1 aliphatic carbocycles. The molecule has 0 heteroatoms. The second kappa shape index (κ2) is 3.97. The Balaban J connectivity index is 2.69. The van der Waals surface area contributed by atoms with Crippen LogP contribution in [0.5, 0.6) is 0 Å². The van der Waals surface area contributed by atoms with Crippen LogP contribution in [0.2, 0.25) is 0 Å². The van der Waals surface area contributed by atoms with Crippen LogP contribution in [0.3, 0.4) is 0 Å². The smallest absolute Gasteiger partial charge is 0.0191 e. The predicted molar refractivity (Wildman–Crippen MR) is 50.4 cm³/mol. The summed E-state index contributed by atoms with van der Waals surface area (Å²) in [5.41, 5.74) is 2.66. The van der Waals surface area contributed by atoms with Gasteiger partial charge in [-0.1, -0.05) is 43.4 Å². The van der Waals surface area contributed by atoms with Gasteiger partial charge in [-0.25, -0.2) is 0 Å². The minimum atomic E-state index is 1.11. The molecular weight excluding hydrogens is 132 g/mol. The van der Waals surface area contributed by atoms with E-state index in [1.54, 1.807) is 0 Å². The zero-order chi connectivity index (χ0) is 8.10. The summed E-state index contributed by atoms with van der Waals surface area (Å²) in [4.78, 5) is 0. The molecule has 0 bridgehead atoms. The van der Waals surface area contributed by atoms with Gasteiger partial charge in [0.1, 0.15) is 0 Å². The van der Waals surface area contributed by atoms with Gasteiger partial charge in [0.2, 0.25) is 0 Å². The molecule has 0 aromatic heterocycles. The Morgan fingerprint density at radius 2 is 2.27 bits per heavy atom. The van der Waals surface area contributed by atoms with Gasteiger partial charge >= 0.3 is 0 Å². The molecule has 1 rings (SSSR count). The highest BCUT2D eigenvalue weighted by molar-refractivity contribution is 5.53. The first-order chi connectivity index (χ1) is 5.38. The first-order valence-corrected chi connectivity index (χ1v) is 4.10. The summed E-state index contributed by atoms with van der Waals surface area (Å²) in [6, 6.07) is 0. The highest BCUT2D eigenvalue weighted by Gasteiger charge is 1.99. The molecule has 0 atom stereocenters. The molecule has 0 nitrogen and oxygen atoms in total. The molecule has 0 amide bonds. The van der Waals surface area contributed by atoms with Gasteiger partial charge in [-0.05, 0) is 24.5 Å². The van der Waals surface area contributed by atoms with E-state index < -0.39 is 0 Å². The van der Waals surface area contributed by atoms with Crippen LogP contribution in [-0.2, 0) is 0 Å². The fourth-order valence-electron chi connectivity index (χ4n) is 1.11. The summed E-state index contributed by atoms with van der Waals surface area (Å²) in [5, 5.41) is 0. The molecule has 0 aromatic carbocycles. The average molecular weight is 146 g/mol. The van der Waals surface area contributed by atoms with E-state index in [2.05, 4.69) is 50.3 Å². The van der Waals surface area contributed by atoms with E-state index >= 15 is 0 Å². The van der Waals surface area contributed by atoms with Crippen molar-refractivity contribution in [2.24, 2.45) is 0 Å². The molecule has 0 spiro atoms. The van der Waals surface area contributed by atoms with Crippen molar-refractivity contribution in [3.05, 3.63) is 47.6 Å². The minimum absolute atomic E-state index is 1.11. The van der Waals surface area contributed by atoms with Gasteiger partial charge in [0.25, 0.3) is 0 Å². The summed E-state index contributed by atoms with van der Waals surface area (Å²) in [5.74, 6) is 0. The van der Waals surface area contributed by atoms with E-state index in [9.17, 15) is 0 Å². The summed E-state index contributed by atoms with van der Waals surface area (Å²) < 4.78 is 0. The van der Waals surface area contributed by atoms with E-state index in [0.717, 1.165) is 6.42 Å². The second-order valence-electron chi connectivity index (χ2n) is 2.54. The highest BCUT2D eigenvalue weighted by Crippen LogP contribution is 2.18. The lowest BCUT2D eigenvalue weighted by Gasteiger charge is -1.95. The number of allylic oxidation sites excluding steroid dienone is 8. The van der Waals surface area contributed by atoms with Crippen LogP contribution in [0.25, 0.3) is 0 Å². The maximum atomic E-state index is 2.18. The molecule has 0 saturated carbocycles. The third kappa shape index (κ3) is 1.94. The Bertz CT molecular complexity index is 237. The summed E-state index contributed by atoms with van der Waals surface area (Å²) >= 11 is 0. The molecular formula is C11H14. The van der Waals surface area contributed by atoms with Crippen molar-refractivity contribution in [2.75, 3.05) is 0 Å². The quantitative estimate of drug-likeness (QED) is 0.560. The third-order valence-electron chi connectivity index (χ3n) is 1.73. The van der Waals surface area contributed by atoms with E-state index in [1.165, 1.54) is 11.1 Å². The third-order valence-corrected chi connectivity index (χ3v) is 1.73. The van der Waals surface area contributed by atoms with Crippen molar-refractivity contribution in [2.45, 2.75) is 20.3 Å². The van der Waals surface area contributed by atoms with E-state index in [1.807, 2.05) is 0 Å². The molecule has 0 fully saturated rings. The highest BCUT2D eigenvalue weighted by atomic mass is 14.0. The monoisotopic (exact) mass is 146 g/mol. The normalized spacial score (nSPS) is 20.2. The number of hydrogen-bond acceptors (Lipinski definition) is 0. The van der Waals surface area contributed by atoms with Crippen LogP contribution in [0.1, 0.15) is 20.3 Å². The lowest BCUT2D eigenvalue weighted by atomic mass is 10.1. The Morgan fingerprint density at radius 3 is 2.91 bits per heavy atom. The molecule has 0 radical (unpaired) electrons. The molecule has 0 aromatic rings. The molecule has 0 N–H and O–H groups in total. The van der Waals surface area contributed by atoms with Crippen LogP contribution < -0.4 is 0 Å². The fraction of sp³-hybridized carbons (Fsp3) is 0.273. The SMILES string of the molecule is C/C=C1\C=CC=C1/C=C/CC. The maximum absolute atomic E-state index is 2.18. The molecule has 1 aliphatic rings. The number of hydrogen-bond donors (Lipinski definition) is 0. The van der Waals surface area contributed by atoms with Crippen LogP contribution in [0.4, 0.5) is 0 Å². The lowest BCUT2D eigenvalue weighted by molar-refractivity contribution is 1.22. The van der Waals surface area contributed by atoms with Crippen molar-refractivity contribution >= 4 is 0 Å². The minimum Gasteiger partial charge on any atom is -0.0842 e. The molecule has 0 heterocycles. The molecule has 11 heavy (non-hydrogen) atoms. The molecule has 0 saturated heterocycles. The Morgan fingerprint density at radius 1 is 1.45 bits per heavy atom. The van der Waals surface area contributed by atoms with E-state index in [4.69, 9.17) is 0 Å². The predicted octanol–water partition coefficient (Wildman–Crippen LogP) is 3.40. The van der Waals surface area contributed by atoms with Crippen LogP contribution in [0.15, 0.2) is 47.6 Å². The van der Waals surface area contributed by atoms with Crippen molar-refractivity contribution in [3.63, 3.8) is 0 Å². The first kappa shape index (κ1) is 8.06. The second-order valence-corrected chi connectivity index (χ2v) is 2.54. The van der Waals surface area contributed by atoms with Crippen molar-refractivity contribution < 1.29 is 0 Å². The van der Waals surface area contributed by atoms with Gasteiger partial charge in [-0.3, -0.25) is 0 Å². The van der Waals surface area contributed by atoms with Crippen molar-refractivity contribution in [3.8, 4) is 0 Å². The van der Waals surface area contributed by atoms with Gasteiger partial charge in [0, 0.05) is 0 Å². The molecule has 0 aliphatic heterocycles. The zero-order valence-electron chi connectivity index (χ0n) is 7.17. The standard InChI is InChI=1S/C11H14/c1-3-5-7-11-9-6-8-10(11)4-2/h4-9H,3H2,1-2H3/b7-5+,10-4+. The summed E-state index contributed by atoms with van der Waals surface area (Å²) in [6.45, 7) is 4.22. The van der Waals surface area contributed by atoms with Crippen molar-refractivity contribution in [1.29, 1.82) is 0 Å². The Hall–Kier alpha value is -1.04. The van der Waals surface area contributed by atoms with Gasteiger partial charge in [0.05, 0.1) is 0 Å².